The highest BCUT2D eigenvalue weighted by Gasteiger charge is 2.21. The first-order chi connectivity index (χ1) is 9.95. The molecule has 1 N–H and O–H groups in total. The summed E-state index contributed by atoms with van der Waals surface area (Å²) in [7, 11) is 0. The summed E-state index contributed by atoms with van der Waals surface area (Å²) in [6.45, 7) is 2.22. The average Bonchev–Trinajstić information content (AvgIpc) is 2.45. The van der Waals surface area contributed by atoms with Crippen molar-refractivity contribution in [2.24, 2.45) is 0 Å². The van der Waals surface area contributed by atoms with Crippen LogP contribution in [-0.2, 0) is 0 Å². The lowest BCUT2D eigenvalue weighted by Crippen LogP contribution is -2.23. The van der Waals surface area contributed by atoms with Gasteiger partial charge < -0.3 is 5.32 Å². The van der Waals surface area contributed by atoms with Gasteiger partial charge in [0.15, 0.2) is 17.5 Å². The maximum atomic E-state index is 14.2. The Morgan fingerprint density at radius 3 is 2.24 bits per heavy atom. The third-order valence-corrected chi connectivity index (χ3v) is 3.65. The second-order valence-electron chi connectivity index (χ2n) is 4.43. The fourth-order valence-corrected chi connectivity index (χ4v) is 2.48. The summed E-state index contributed by atoms with van der Waals surface area (Å²) in [4.78, 5) is 0. The van der Waals surface area contributed by atoms with Gasteiger partial charge in [-0.25, -0.2) is 17.6 Å². The molecule has 0 radical (unpaired) electrons. The van der Waals surface area contributed by atoms with E-state index in [1.807, 2.05) is 0 Å². The van der Waals surface area contributed by atoms with E-state index >= 15 is 0 Å². The van der Waals surface area contributed by atoms with Crippen LogP contribution in [0, 0.1) is 23.3 Å². The molecular weight excluding hydrogens is 350 g/mol. The van der Waals surface area contributed by atoms with Crippen LogP contribution in [0.4, 0.5) is 17.6 Å². The summed E-state index contributed by atoms with van der Waals surface area (Å²) in [6.07, 6.45) is 0. The van der Waals surface area contributed by atoms with Crippen molar-refractivity contribution in [2.75, 3.05) is 6.54 Å². The minimum atomic E-state index is -1.54. The summed E-state index contributed by atoms with van der Waals surface area (Å²) in [6, 6.07) is 5.60. The Balaban J connectivity index is 2.56. The lowest BCUT2D eigenvalue weighted by atomic mass is 9.97. The van der Waals surface area contributed by atoms with E-state index in [-0.39, 0.29) is 15.6 Å². The van der Waals surface area contributed by atoms with Crippen LogP contribution in [-0.4, -0.2) is 6.54 Å². The Kier molecular flexibility index (Phi) is 5.00. The maximum absolute atomic E-state index is 14.2. The Labute approximate surface area is 128 Å². The fourth-order valence-electron chi connectivity index (χ4n) is 2.10. The Bertz CT molecular complexity index is 637. The molecule has 6 heteroatoms. The van der Waals surface area contributed by atoms with E-state index in [9.17, 15) is 17.6 Å². The summed E-state index contributed by atoms with van der Waals surface area (Å²) >= 11 is 3.07. The van der Waals surface area contributed by atoms with Crippen LogP contribution in [0.25, 0.3) is 0 Å². The van der Waals surface area contributed by atoms with Crippen molar-refractivity contribution >= 4 is 15.9 Å². The number of hydrogen-bond acceptors (Lipinski definition) is 1. The number of rotatable bonds is 4. The molecule has 1 atom stereocenters. The highest BCUT2D eigenvalue weighted by atomic mass is 79.9. The number of halogens is 5. The van der Waals surface area contributed by atoms with Crippen molar-refractivity contribution in [1.82, 2.24) is 5.32 Å². The van der Waals surface area contributed by atoms with E-state index in [1.165, 1.54) is 12.1 Å². The smallest absolute Gasteiger partial charge is 0.194 e. The SMILES string of the molecule is CCNC(c1cc(F)c(F)c(F)c1)c1cccc(Br)c1F. The molecule has 0 aliphatic heterocycles. The highest BCUT2D eigenvalue weighted by Crippen LogP contribution is 2.29. The molecule has 0 spiro atoms. The third-order valence-electron chi connectivity index (χ3n) is 3.04. The topological polar surface area (TPSA) is 12.0 Å². The number of hydrogen-bond donors (Lipinski definition) is 1. The van der Waals surface area contributed by atoms with E-state index in [1.54, 1.807) is 13.0 Å². The third kappa shape index (κ3) is 3.27. The highest BCUT2D eigenvalue weighted by molar-refractivity contribution is 9.10. The number of benzene rings is 2. The summed E-state index contributed by atoms with van der Waals surface area (Å²) in [5.74, 6) is -4.68. The van der Waals surface area contributed by atoms with Crippen LogP contribution in [0.2, 0.25) is 0 Å². The van der Waals surface area contributed by atoms with Gasteiger partial charge in [-0.2, -0.15) is 0 Å². The lowest BCUT2D eigenvalue weighted by molar-refractivity contribution is 0.442. The zero-order chi connectivity index (χ0) is 15.6. The van der Waals surface area contributed by atoms with Crippen molar-refractivity contribution in [2.45, 2.75) is 13.0 Å². The fraction of sp³-hybridized carbons (Fsp3) is 0.200. The first kappa shape index (κ1) is 16.0. The van der Waals surface area contributed by atoms with Crippen LogP contribution in [0.5, 0.6) is 0 Å². The summed E-state index contributed by atoms with van der Waals surface area (Å²) < 4.78 is 54.3. The lowest BCUT2D eigenvalue weighted by Gasteiger charge is -2.20. The Morgan fingerprint density at radius 2 is 1.67 bits per heavy atom. The van der Waals surface area contributed by atoms with E-state index in [0.29, 0.717) is 6.54 Å². The van der Waals surface area contributed by atoms with Crippen LogP contribution in [0.1, 0.15) is 24.1 Å². The predicted octanol–water partition coefficient (Wildman–Crippen LogP) is 4.70. The predicted molar refractivity (Wildman–Crippen MR) is 75.9 cm³/mol. The van der Waals surface area contributed by atoms with Crippen molar-refractivity contribution < 1.29 is 17.6 Å². The van der Waals surface area contributed by atoms with E-state index < -0.39 is 29.3 Å². The first-order valence-electron chi connectivity index (χ1n) is 6.27. The molecule has 0 aliphatic rings. The molecule has 1 nitrogen and oxygen atoms in total. The van der Waals surface area contributed by atoms with Crippen LogP contribution >= 0.6 is 15.9 Å². The van der Waals surface area contributed by atoms with Crippen molar-refractivity contribution in [3.8, 4) is 0 Å². The van der Waals surface area contributed by atoms with Crippen molar-refractivity contribution in [1.29, 1.82) is 0 Å². The van der Waals surface area contributed by atoms with Gasteiger partial charge in [-0.05, 0) is 46.2 Å². The molecule has 0 amide bonds. The van der Waals surface area contributed by atoms with Crippen molar-refractivity contribution in [3.05, 3.63) is 69.2 Å². The molecule has 2 rings (SSSR count). The monoisotopic (exact) mass is 361 g/mol. The Hall–Kier alpha value is -1.40. The molecule has 0 saturated carbocycles. The molecule has 0 aromatic heterocycles. The van der Waals surface area contributed by atoms with Gasteiger partial charge in [0.1, 0.15) is 5.82 Å². The van der Waals surface area contributed by atoms with Gasteiger partial charge in [-0.3, -0.25) is 0 Å². The molecule has 0 heterocycles. The van der Waals surface area contributed by atoms with Gasteiger partial charge in [0.2, 0.25) is 0 Å². The van der Waals surface area contributed by atoms with Crippen LogP contribution in [0.3, 0.4) is 0 Å². The molecule has 112 valence electrons. The maximum Gasteiger partial charge on any atom is 0.194 e. The Morgan fingerprint density at radius 1 is 1.05 bits per heavy atom. The zero-order valence-electron chi connectivity index (χ0n) is 11.1. The number of nitrogens with one attached hydrogen (secondary N) is 1. The zero-order valence-corrected chi connectivity index (χ0v) is 12.6. The van der Waals surface area contributed by atoms with Gasteiger partial charge in [0, 0.05) is 5.56 Å². The van der Waals surface area contributed by atoms with Gasteiger partial charge in [-0.1, -0.05) is 19.1 Å². The van der Waals surface area contributed by atoms with Gasteiger partial charge in [0.25, 0.3) is 0 Å². The minimum Gasteiger partial charge on any atom is -0.306 e. The molecule has 0 fully saturated rings. The van der Waals surface area contributed by atoms with Crippen LogP contribution < -0.4 is 5.32 Å². The second-order valence-corrected chi connectivity index (χ2v) is 5.29. The molecule has 1 unspecified atom stereocenters. The van der Waals surface area contributed by atoms with E-state index in [2.05, 4.69) is 21.2 Å². The molecule has 0 bridgehead atoms. The molecular formula is C15H12BrF4N. The standard InChI is InChI=1S/C15H12BrF4N/c1-2-21-15(9-4-3-5-10(16)13(9)19)8-6-11(17)14(20)12(18)7-8/h3-7,15,21H,2H2,1H3. The summed E-state index contributed by atoms with van der Waals surface area (Å²) in [5, 5.41) is 2.94. The summed E-state index contributed by atoms with van der Waals surface area (Å²) in [5.41, 5.74) is 0.335. The quantitative estimate of drug-likeness (QED) is 0.614. The van der Waals surface area contributed by atoms with Crippen molar-refractivity contribution in [3.63, 3.8) is 0 Å². The molecule has 2 aromatic carbocycles. The molecule has 0 aliphatic carbocycles. The van der Waals surface area contributed by atoms with E-state index in [0.717, 1.165) is 12.1 Å². The average molecular weight is 362 g/mol. The van der Waals surface area contributed by atoms with Gasteiger partial charge in [-0.15, -0.1) is 0 Å². The molecule has 21 heavy (non-hydrogen) atoms. The van der Waals surface area contributed by atoms with E-state index in [4.69, 9.17) is 0 Å². The first-order valence-corrected chi connectivity index (χ1v) is 7.06. The normalized spacial score (nSPS) is 12.5. The van der Waals surface area contributed by atoms with Gasteiger partial charge in [0.05, 0.1) is 10.5 Å². The van der Waals surface area contributed by atoms with Gasteiger partial charge >= 0.3 is 0 Å². The largest absolute Gasteiger partial charge is 0.306 e. The molecule has 2 aromatic rings. The second kappa shape index (κ2) is 6.58. The minimum absolute atomic E-state index is 0.116. The van der Waals surface area contributed by atoms with Crippen LogP contribution in [0.15, 0.2) is 34.8 Å². The molecule has 0 saturated heterocycles.